The molecule has 13 heavy (non-hydrogen) atoms. The average molecular weight is 181 g/mol. The third-order valence-electron chi connectivity index (χ3n) is 1.29. The lowest BCUT2D eigenvalue weighted by atomic mass is 10.4. The van der Waals surface area contributed by atoms with Gasteiger partial charge in [0, 0.05) is 6.04 Å². The zero-order chi connectivity index (χ0) is 9.84. The van der Waals surface area contributed by atoms with Crippen molar-refractivity contribution < 1.29 is 9.90 Å². The molecule has 0 saturated carbocycles. The van der Waals surface area contributed by atoms with Crippen molar-refractivity contribution in [3.8, 4) is 0 Å². The Kier molecular flexibility index (Phi) is 2.79. The summed E-state index contributed by atoms with van der Waals surface area (Å²) < 4.78 is 0. The van der Waals surface area contributed by atoms with Gasteiger partial charge in [-0.3, -0.25) is 4.98 Å². The summed E-state index contributed by atoms with van der Waals surface area (Å²) in [4.78, 5) is 18.1. The lowest BCUT2D eigenvalue weighted by molar-refractivity contribution is 0.0690. The molecular formula is C8H11N3O2. The van der Waals surface area contributed by atoms with Crippen molar-refractivity contribution in [2.45, 2.75) is 19.9 Å². The summed E-state index contributed by atoms with van der Waals surface area (Å²) in [5.41, 5.74) is -0.0503. The summed E-state index contributed by atoms with van der Waals surface area (Å²) >= 11 is 0. The highest BCUT2D eigenvalue weighted by Gasteiger charge is 2.05. The first-order valence-corrected chi connectivity index (χ1v) is 3.91. The Hall–Kier alpha value is -1.65. The second-order valence-electron chi connectivity index (χ2n) is 2.89. The number of carbonyl (C=O) groups is 1. The van der Waals surface area contributed by atoms with Crippen LogP contribution < -0.4 is 5.32 Å². The molecular weight excluding hydrogens is 170 g/mol. The van der Waals surface area contributed by atoms with Gasteiger partial charge in [0.05, 0.1) is 12.4 Å². The normalized spacial score (nSPS) is 10.1. The van der Waals surface area contributed by atoms with Crippen LogP contribution >= 0.6 is 0 Å². The van der Waals surface area contributed by atoms with E-state index < -0.39 is 5.97 Å². The summed E-state index contributed by atoms with van der Waals surface area (Å²) in [6.07, 6.45) is 2.71. The number of carboxylic acid groups (broad SMARTS) is 1. The molecule has 1 aromatic heterocycles. The van der Waals surface area contributed by atoms with E-state index in [0.717, 1.165) is 0 Å². The fraction of sp³-hybridized carbons (Fsp3) is 0.375. The lowest BCUT2D eigenvalue weighted by Crippen LogP contribution is -2.13. The number of aromatic carboxylic acids is 1. The highest BCUT2D eigenvalue weighted by Crippen LogP contribution is 2.03. The Labute approximate surface area is 75.8 Å². The summed E-state index contributed by atoms with van der Waals surface area (Å²) in [5, 5.41) is 11.6. The number of aromatic nitrogens is 2. The van der Waals surface area contributed by atoms with Gasteiger partial charge in [-0.15, -0.1) is 0 Å². The summed E-state index contributed by atoms with van der Waals surface area (Å²) in [5.74, 6) is -0.588. The number of hydrogen-bond acceptors (Lipinski definition) is 4. The minimum atomic E-state index is -1.07. The third kappa shape index (κ3) is 2.70. The molecule has 1 heterocycles. The van der Waals surface area contributed by atoms with Gasteiger partial charge >= 0.3 is 5.97 Å². The number of anilines is 1. The van der Waals surface area contributed by atoms with Crippen LogP contribution in [0.25, 0.3) is 0 Å². The zero-order valence-corrected chi connectivity index (χ0v) is 7.48. The molecule has 2 N–H and O–H groups in total. The maximum absolute atomic E-state index is 10.5. The highest BCUT2D eigenvalue weighted by atomic mass is 16.4. The van der Waals surface area contributed by atoms with Gasteiger partial charge in [-0.25, -0.2) is 9.78 Å². The van der Waals surface area contributed by atoms with E-state index in [1.165, 1.54) is 12.4 Å². The first-order valence-electron chi connectivity index (χ1n) is 3.91. The van der Waals surface area contributed by atoms with Crippen molar-refractivity contribution in [1.82, 2.24) is 9.97 Å². The van der Waals surface area contributed by atoms with Gasteiger partial charge in [0.25, 0.3) is 0 Å². The molecule has 0 atom stereocenters. The van der Waals surface area contributed by atoms with Crippen molar-refractivity contribution >= 4 is 11.8 Å². The van der Waals surface area contributed by atoms with Crippen molar-refractivity contribution in [3.63, 3.8) is 0 Å². The average Bonchev–Trinajstić information content (AvgIpc) is 2.03. The summed E-state index contributed by atoms with van der Waals surface area (Å²) in [7, 11) is 0. The van der Waals surface area contributed by atoms with E-state index in [9.17, 15) is 4.79 Å². The van der Waals surface area contributed by atoms with Gasteiger partial charge in [-0.05, 0) is 13.8 Å². The van der Waals surface area contributed by atoms with Crippen LogP contribution in [0.2, 0.25) is 0 Å². The lowest BCUT2D eigenvalue weighted by Gasteiger charge is -2.07. The van der Waals surface area contributed by atoms with Gasteiger partial charge in [-0.1, -0.05) is 0 Å². The van der Waals surface area contributed by atoms with Crippen LogP contribution in [-0.2, 0) is 0 Å². The molecule has 70 valence electrons. The Bertz CT molecular complexity index is 312. The van der Waals surface area contributed by atoms with E-state index in [2.05, 4.69) is 15.3 Å². The molecule has 0 aliphatic carbocycles. The fourth-order valence-corrected chi connectivity index (χ4v) is 0.834. The van der Waals surface area contributed by atoms with Crippen LogP contribution in [0.15, 0.2) is 12.4 Å². The minimum Gasteiger partial charge on any atom is -0.476 e. The van der Waals surface area contributed by atoms with Gasteiger partial charge in [0.15, 0.2) is 5.69 Å². The molecule has 1 rings (SSSR count). The predicted molar refractivity (Wildman–Crippen MR) is 47.8 cm³/mol. The molecule has 0 aromatic carbocycles. The number of nitrogens with zero attached hydrogens (tertiary/aromatic N) is 2. The van der Waals surface area contributed by atoms with Gasteiger partial charge in [0.2, 0.25) is 0 Å². The maximum Gasteiger partial charge on any atom is 0.356 e. The van der Waals surface area contributed by atoms with Crippen LogP contribution in [0.1, 0.15) is 24.3 Å². The molecule has 0 fully saturated rings. The molecule has 0 amide bonds. The Morgan fingerprint density at radius 1 is 1.54 bits per heavy atom. The quantitative estimate of drug-likeness (QED) is 0.727. The molecule has 0 aliphatic rings. The van der Waals surface area contributed by atoms with E-state index in [0.29, 0.717) is 5.82 Å². The molecule has 0 bridgehead atoms. The first kappa shape index (κ1) is 9.44. The first-order chi connectivity index (χ1) is 6.09. The molecule has 0 saturated heterocycles. The van der Waals surface area contributed by atoms with Crippen molar-refractivity contribution in [2.75, 3.05) is 5.32 Å². The number of nitrogens with one attached hydrogen (secondary N) is 1. The largest absolute Gasteiger partial charge is 0.476 e. The van der Waals surface area contributed by atoms with E-state index in [4.69, 9.17) is 5.11 Å². The molecule has 0 unspecified atom stereocenters. The Balaban J connectivity index is 2.85. The van der Waals surface area contributed by atoms with Crippen molar-refractivity contribution in [1.29, 1.82) is 0 Å². The predicted octanol–water partition coefficient (Wildman–Crippen LogP) is 0.995. The van der Waals surface area contributed by atoms with E-state index in [1.54, 1.807) is 0 Å². The van der Waals surface area contributed by atoms with Crippen LogP contribution in [0, 0.1) is 0 Å². The fourth-order valence-electron chi connectivity index (χ4n) is 0.834. The Morgan fingerprint density at radius 3 is 2.77 bits per heavy atom. The van der Waals surface area contributed by atoms with Crippen LogP contribution in [0.3, 0.4) is 0 Å². The summed E-state index contributed by atoms with van der Waals surface area (Å²) in [6, 6.07) is 0.207. The standard InChI is InChI=1S/C8H11N3O2/c1-5(2)10-7-4-9-3-6(11-7)8(12)13/h3-5H,1-2H3,(H,10,11)(H,12,13). The molecule has 0 aliphatic heterocycles. The van der Waals surface area contributed by atoms with Crippen LogP contribution in [0.4, 0.5) is 5.82 Å². The zero-order valence-electron chi connectivity index (χ0n) is 7.48. The highest BCUT2D eigenvalue weighted by molar-refractivity contribution is 5.85. The van der Waals surface area contributed by atoms with Gasteiger partial charge in [-0.2, -0.15) is 0 Å². The minimum absolute atomic E-state index is 0.0503. The number of rotatable bonds is 3. The van der Waals surface area contributed by atoms with Crippen molar-refractivity contribution in [3.05, 3.63) is 18.1 Å². The number of carboxylic acids is 1. The molecule has 5 heteroatoms. The van der Waals surface area contributed by atoms with Crippen LogP contribution in [-0.4, -0.2) is 27.1 Å². The van der Waals surface area contributed by atoms with Crippen LogP contribution in [0.5, 0.6) is 0 Å². The monoisotopic (exact) mass is 181 g/mol. The van der Waals surface area contributed by atoms with E-state index in [-0.39, 0.29) is 11.7 Å². The van der Waals surface area contributed by atoms with Crippen molar-refractivity contribution in [2.24, 2.45) is 0 Å². The molecule has 0 spiro atoms. The van der Waals surface area contributed by atoms with Gasteiger partial charge < -0.3 is 10.4 Å². The topological polar surface area (TPSA) is 75.1 Å². The number of hydrogen-bond donors (Lipinski definition) is 2. The third-order valence-corrected chi connectivity index (χ3v) is 1.29. The molecule has 5 nitrogen and oxygen atoms in total. The SMILES string of the molecule is CC(C)Nc1cncc(C(=O)O)n1. The second kappa shape index (κ2) is 3.84. The Morgan fingerprint density at radius 2 is 2.23 bits per heavy atom. The van der Waals surface area contributed by atoms with E-state index in [1.807, 2.05) is 13.8 Å². The maximum atomic E-state index is 10.5. The molecule has 1 aromatic rings. The smallest absolute Gasteiger partial charge is 0.356 e. The van der Waals surface area contributed by atoms with Gasteiger partial charge in [0.1, 0.15) is 5.82 Å². The summed E-state index contributed by atoms with van der Waals surface area (Å²) in [6.45, 7) is 3.88. The second-order valence-corrected chi connectivity index (χ2v) is 2.89. The molecule has 0 radical (unpaired) electrons. The van der Waals surface area contributed by atoms with E-state index >= 15 is 0 Å².